The number of rotatable bonds is 0. The van der Waals surface area contributed by atoms with E-state index in [-0.39, 0.29) is 0 Å². The zero-order chi connectivity index (χ0) is 16.7. The number of piperidine rings is 1. The van der Waals surface area contributed by atoms with Gasteiger partial charge in [-0.3, -0.25) is 4.90 Å². The number of para-hydroxylation sites is 1. The molecular weight excluding hydrogens is 300 g/mol. The second-order valence-electron chi connectivity index (χ2n) is 7.45. The highest BCUT2D eigenvalue weighted by Gasteiger charge is 2.32. The van der Waals surface area contributed by atoms with Crippen molar-refractivity contribution in [1.29, 1.82) is 0 Å². The van der Waals surface area contributed by atoms with Gasteiger partial charge in [0, 0.05) is 30.7 Å². The second kappa shape index (κ2) is 8.84. The molecule has 3 rings (SSSR count). The van der Waals surface area contributed by atoms with Crippen LogP contribution >= 0.6 is 0 Å². The molecule has 134 valence electrons. The van der Waals surface area contributed by atoms with E-state index >= 15 is 0 Å². The predicted octanol–water partition coefficient (Wildman–Crippen LogP) is 3.07. The average molecular weight is 332 g/mol. The Kier molecular flexibility index (Phi) is 6.52. The maximum absolute atomic E-state index is 6.39. The summed E-state index contributed by atoms with van der Waals surface area (Å²) in [6.45, 7) is 6.65. The minimum atomic E-state index is 0.328. The summed E-state index contributed by atoms with van der Waals surface area (Å²) in [7, 11) is 2.15. The van der Waals surface area contributed by atoms with Crippen molar-refractivity contribution in [1.82, 2.24) is 10.2 Å². The fraction of sp³-hybridized carbons (Fsp3) is 0.700. The van der Waals surface area contributed by atoms with Gasteiger partial charge in [0.05, 0.1) is 13.2 Å². The molecule has 0 bridgehead atoms. The minimum Gasteiger partial charge on any atom is -0.493 e. The van der Waals surface area contributed by atoms with E-state index in [4.69, 9.17) is 9.47 Å². The zero-order valence-corrected chi connectivity index (χ0v) is 15.1. The molecule has 0 atom stereocenters. The van der Waals surface area contributed by atoms with Gasteiger partial charge >= 0.3 is 0 Å². The highest BCUT2D eigenvalue weighted by Crippen LogP contribution is 2.36. The normalized spacial score (nSPS) is 23.9. The Morgan fingerprint density at radius 3 is 2.75 bits per heavy atom. The molecule has 2 aliphatic rings. The summed E-state index contributed by atoms with van der Waals surface area (Å²) in [6.07, 6.45) is 6.09. The maximum Gasteiger partial charge on any atom is 0.123 e. The first-order chi connectivity index (χ1) is 11.8. The molecule has 0 saturated carbocycles. The Hall–Kier alpha value is -1.10. The van der Waals surface area contributed by atoms with Crippen LogP contribution in [-0.4, -0.2) is 51.4 Å². The van der Waals surface area contributed by atoms with E-state index < -0.39 is 0 Å². The van der Waals surface area contributed by atoms with Gasteiger partial charge in [-0.1, -0.05) is 24.6 Å². The zero-order valence-electron chi connectivity index (χ0n) is 15.1. The summed E-state index contributed by atoms with van der Waals surface area (Å²) >= 11 is 0. The van der Waals surface area contributed by atoms with Crippen LogP contribution in [0.3, 0.4) is 0 Å². The fourth-order valence-corrected chi connectivity index (χ4v) is 3.83. The van der Waals surface area contributed by atoms with Crippen LogP contribution in [0, 0.1) is 5.41 Å². The monoisotopic (exact) mass is 332 g/mol. The molecule has 0 unspecified atom stereocenters. The van der Waals surface area contributed by atoms with Crippen LogP contribution in [0.5, 0.6) is 5.75 Å². The Balaban J connectivity index is 1.74. The molecule has 1 N–H and O–H groups in total. The topological polar surface area (TPSA) is 33.7 Å². The largest absolute Gasteiger partial charge is 0.493 e. The molecule has 1 spiro atoms. The molecule has 2 aliphatic heterocycles. The Bertz CT molecular complexity index is 500. The molecule has 1 saturated heterocycles. The van der Waals surface area contributed by atoms with E-state index in [0.29, 0.717) is 5.41 Å². The summed E-state index contributed by atoms with van der Waals surface area (Å²) in [5.41, 5.74) is 1.61. The molecule has 24 heavy (non-hydrogen) atoms. The van der Waals surface area contributed by atoms with Crippen molar-refractivity contribution < 1.29 is 9.47 Å². The van der Waals surface area contributed by atoms with Crippen molar-refractivity contribution in [3.05, 3.63) is 29.8 Å². The predicted molar refractivity (Wildman–Crippen MR) is 97.5 cm³/mol. The summed E-state index contributed by atoms with van der Waals surface area (Å²) in [6, 6.07) is 8.50. The maximum atomic E-state index is 6.39. The average Bonchev–Trinajstić information content (AvgIpc) is 2.60. The number of hydrogen-bond donors (Lipinski definition) is 1. The van der Waals surface area contributed by atoms with E-state index in [0.717, 1.165) is 58.2 Å². The third-order valence-electron chi connectivity index (χ3n) is 5.47. The van der Waals surface area contributed by atoms with Gasteiger partial charge in [-0.25, -0.2) is 0 Å². The standard InChI is InChI=1S/C20H32N2O2/c1-22-13-15-23-14-5-4-8-20(9-11-21-12-10-20)17-24-19-7-3-2-6-18(19)16-22/h2-3,6-7,21H,4-5,8-17H2,1H3. The fourth-order valence-electron chi connectivity index (χ4n) is 3.83. The lowest BCUT2D eigenvalue weighted by Crippen LogP contribution is -2.40. The molecule has 1 fully saturated rings. The number of likely N-dealkylation sites (N-methyl/N-ethyl adjacent to an activating group) is 1. The van der Waals surface area contributed by atoms with Crippen molar-refractivity contribution in [3.63, 3.8) is 0 Å². The van der Waals surface area contributed by atoms with Crippen molar-refractivity contribution in [2.24, 2.45) is 5.41 Å². The van der Waals surface area contributed by atoms with Crippen LogP contribution in [0.25, 0.3) is 0 Å². The van der Waals surface area contributed by atoms with Crippen LogP contribution < -0.4 is 10.1 Å². The number of fused-ring (bicyclic) bond motifs is 1. The minimum absolute atomic E-state index is 0.328. The molecule has 0 amide bonds. The summed E-state index contributed by atoms with van der Waals surface area (Å²) < 4.78 is 12.2. The van der Waals surface area contributed by atoms with Crippen LogP contribution in [0.4, 0.5) is 0 Å². The molecule has 4 heteroatoms. The SMILES string of the molecule is CN1CCOCCCCC2(CCNCC2)COc2ccccc2C1. The lowest BCUT2D eigenvalue weighted by atomic mass is 9.75. The molecule has 2 heterocycles. The van der Waals surface area contributed by atoms with Gasteiger partial charge in [0.1, 0.15) is 5.75 Å². The van der Waals surface area contributed by atoms with Crippen LogP contribution in [0.15, 0.2) is 24.3 Å². The Morgan fingerprint density at radius 1 is 1.04 bits per heavy atom. The van der Waals surface area contributed by atoms with Gasteiger partial charge < -0.3 is 14.8 Å². The van der Waals surface area contributed by atoms with E-state index in [2.05, 4.69) is 41.5 Å². The summed E-state index contributed by atoms with van der Waals surface area (Å²) in [5, 5.41) is 3.50. The van der Waals surface area contributed by atoms with Crippen LogP contribution in [0.2, 0.25) is 0 Å². The quantitative estimate of drug-likeness (QED) is 0.792. The van der Waals surface area contributed by atoms with Crippen molar-refractivity contribution >= 4 is 0 Å². The number of benzene rings is 1. The van der Waals surface area contributed by atoms with Gasteiger partial charge in [-0.15, -0.1) is 0 Å². The molecule has 0 aromatic heterocycles. The van der Waals surface area contributed by atoms with E-state index in [9.17, 15) is 0 Å². The van der Waals surface area contributed by atoms with Gasteiger partial charge in [0.25, 0.3) is 0 Å². The van der Waals surface area contributed by atoms with Gasteiger partial charge in [-0.05, 0) is 51.9 Å². The van der Waals surface area contributed by atoms with Crippen molar-refractivity contribution in [2.45, 2.75) is 38.6 Å². The number of nitrogens with zero attached hydrogens (tertiary/aromatic N) is 1. The van der Waals surface area contributed by atoms with Crippen LogP contribution in [0.1, 0.15) is 37.7 Å². The number of hydrogen-bond acceptors (Lipinski definition) is 4. The molecule has 1 aromatic carbocycles. The van der Waals surface area contributed by atoms with Gasteiger partial charge in [0.2, 0.25) is 0 Å². The summed E-state index contributed by atoms with van der Waals surface area (Å²) in [5.74, 6) is 1.06. The molecule has 0 radical (unpaired) electrons. The van der Waals surface area contributed by atoms with Gasteiger partial charge in [-0.2, -0.15) is 0 Å². The van der Waals surface area contributed by atoms with Crippen molar-refractivity contribution in [2.75, 3.05) is 46.5 Å². The number of ether oxygens (including phenoxy) is 2. The van der Waals surface area contributed by atoms with Gasteiger partial charge in [0.15, 0.2) is 0 Å². The molecule has 4 nitrogen and oxygen atoms in total. The van der Waals surface area contributed by atoms with E-state index in [1.165, 1.54) is 31.2 Å². The Labute approximate surface area is 146 Å². The van der Waals surface area contributed by atoms with Crippen LogP contribution in [-0.2, 0) is 11.3 Å². The smallest absolute Gasteiger partial charge is 0.123 e. The third kappa shape index (κ3) is 4.95. The molecule has 1 aromatic rings. The first kappa shape index (κ1) is 17.7. The number of nitrogens with one attached hydrogen (secondary N) is 1. The summed E-state index contributed by atoms with van der Waals surface area (Å²) in [4.78, 5) is 2.31. The first-order valence-corrected chi connectivity index (χ1v) is 9.45. The molecule has 0 aliphatic carbocycles. The van der Waals surface area contributed by atoms with E-state index in [1.807, 2.05) is 0 Å². The van der Waals surface area contributed by atoms with Crippen molar-refractivity contribution in [3.8, 4) is 5.75 Å². The molecular formula is C20H32N2O2. The lowest BCUT2D eigenvalue weighted by molar-refractivity contribution is 0.0749. The van der Waals surface area contributed by atoms with E-state index in [1.54, 1.807) is 0 Å². The third-order valence-corrected chi connectivity index (χ3v) is 5.47. The highest BCUT2D eigenvalue weighted by molar-refractivity contribution is 5.33. The highest BCUT2D eigenvalue weighted by atomic mass is 16.5. The Morgan fingerprint density at radius 2 is 1.88 bits per heavy atom. The second-order valence-corrected chi connectivity index (χ2v) is 7.45. The lowest BCUT2D eigenvalue weighted by Gasteiger charge is -2.38. The first-order valence-electron chi connectivity index (χ1n) is 9.45.